The minimum atomic E-state index is -0.791. The molecule has 0 atom stereocenters. The lowest BCUT2D eigenvalue weighted by atomic mass is 9.90. The predicted molar refractivity (Wildman–Crippen MR) is 126 cm³/mol. The van der Waals surface area contributed by atoms with Crippen molar-refractivity contribution in [1.82, 2.24) is 14.5 Å². The molecule has 0 saturated heterocycles. The predicted octanol–water partition coefficient (Wildman–Crippen LogP) is 4.29. The smallest absolute Gasteiger partial charge is 0.269 e. The van der Waals surface area contributed by atoms with Gasteiger partial charge in [0.1, 0.15) is 16.5 Å². The molecule has 0 spiro atoms. The lowest BCUT2D eigenvalue weighted by Crippen LogP contribution is -2.43. The van der Waals surface area contributed by atoms with E-state index in [1.165, 1.54) is 0 Å². The zero-order chi connectivity index (χ0) is 24.2. The van der Waals surface area contributed by atoms with Gasteiger partial charge in [-0.3, -0.25) is 9.59 Å². The van der Waals surface area contributed by atoms with E-state index >= 15 is 0 Å². The van der Waals surface area contributed by atoms with Crippen LogP contribution < -0.4 is 11.1 Å². The van der Waals surface area contributed by atoms with Crippen molar-refractivity contribution in [2.75, 3.05) is 5.32 Å². The van der Waals surface area contributed by atoms with Crippen LogP contribution in [0.2, 0.25) is 0 Å². The average molecular weight is 486 g/mol. The largest absolute Gasteiger partial charge is 0.331 e. The van der Waals surface area contributed by atoms with E-state index in [9.17, 15) is 18.4 Å². The molecule has 178 valence electrons. The number of anilines is 1. The fraction of sp³-hybridized carbons (Fsp3) is 0.333. The van der Waals surface area contributed by atoms with Gasteiger partial charge < -0.3 is 16.0 Å². The number of carbonyl (C=O) groups excluding carboxylic acids is 2. The number of aromatic nitrogens is 2. The summed E-state index contributed by atoms with van der Waals surface area (Å²) in [6, 6.07) is 10.0. The quantitative estimate of drug-likeness (QED) is 0.543. The third kappa shape index (κ3) is 5.63. The van der Waals surface area contributed by atoms with E-state index in [4.69, 9.17) is 5.73 Å². The number of halogens is 2. The highest BCUT2D eigenvalue weighted by Gasteiger charge is 2.29. The van der Waals surface area contributed by atoms with Crippen molar-refractivity contribution in [1.29, 1.82) is 0 Å². The summed E-state index contributed by atoms with van der Waals surface area (Å²) < 4.78 is 31.3. The molecule has 1 aromatic heterocycles. The van der Waals surface area contributed by atoms with Gasteiger partial charge in [0.05, 0.1) is 5.69 Å². The first-order valence-corrected chi connectivity index (χ1v) is 11.8. The first-order valence-electron chi connectivity index (χ1n) is 11.0. The summed E-state index contributed by atoms with van der Waals surface area (Å²) in [5.74, 6) is -2.30. The molecule has 34 heavy (non-hydrogen) atoms. The van der Waals surface area contributed by atoms with Gasteiger partial charge in [0, 0.05) is 35.9 Å². The average Bonchev–Trinajstić information content (AvgIpc) is 3.24. The second-order valence-electron chi connectivity index (χ2n) is 8.50. The summed E-state index contributed by atoms with van der Waals surface area (Å²) in [7, 11) is 0. The van der Waals surface area contributed by atoms with E-state index < -0.39 is 17.5 Å². The number of hydrogen-bond acceptors (Lipinski definition) is 6. The number of nitrogens with one attached hydrogen (secondary N) is 1. The Kier molecular flexibility index (Phi) is 7.28. The van der Waals surface area contributed by atoms with Crippen LogP contribution >= 0.6 is 11.5 Å². The van der Waals surface area contributed by atoms with Crippen LogP contribution in [-0.4, -0.2) is 38.4 Å². The Morgan fingerprint density at radius 2 is 1.74 bits per heavy atom. The zero-order valence-corrected chi connectivity index (χ0v) is 19.4. The number of hydrogen-bond donors (Lipinski definition) is 2. The van der Waals surface area contributed by atoms with Crippen molar-refractivity contribution in [3.63, 3.8) is 0 Å². The highest BCUT2D eigenvalue weighted by molar-refractivity contribution is 7.08. The monoisotopic (exact) mass is 485 g/mol. The molecule has 10 heteroatoms. The maximum atomic E-state index is 13.8. The fourth-order valence-electron chi connectivity index (χ4n) is 4.14. The van der Waals surface area contributed by atoms with Crippen LogP contribution in [0.3, 0.4) is 0 Å². The van der Waals surface area contributed by atoms with E-state index in [2.05, 4.69) is 14.9 Å². The number of nitrogens with two attached hydrogens (primary N) is 1. The fourth-order valence-corrected chi connectivity index (χ4v) is 4.69. The Morgan fingerprint density at radius 3 is 2.32 bits per heavy atom. The van der Waals surface area contributed by atoms with Crippen molar-refractivity contribution >= 4 is 29.0 Å². The molecule has 0 aliphatic heterocycles. The van der Waals surface area contributed by atoms with E-state index in [-0.39, 0.29) is 30.1 Å². The molecule has 7 nitrogen and oxygen atoms in total. The molecule has 0 bridgehead atoms. The van der Waals surface area contributed by atoms with Crippen molar-refractivity contribution < 1.29 is 18.4 Å². The van der Waals surface area contributed by atoms with Gasteiger partial charge in [0.25, 0.3) is 11.8 Å². The van der Waals surface area contributed by atoms with Gasteiger partial charge in [-0.05, 0) is 74.0 Å². The van der Waals surface area contributed by atoms with E-state index in [0.29, 0.717) is 16.3 Å². The van der Waals surface area contributed by atoms with Crippen molar-refractivity contribution in [3.8, 4) is 0 Å². The minimum absolute atomic E-state index is 0.0233. The number of rotatable bonds is 6. The zero-order valence-electron chi connectivity index (χ0n) is 18.6. The maximum Gasteiger partial charge on any atom is 0.269 e. The van der Waals surface area contributed by atoms with Gasteiger partial charge in [0.2, 0.25) is 0 Å². The minimum Gasteiger partial charge on any atom is -0.331 e. The maximum absolute atomic E-state index is 13.8. The first kappa shape index (κ1) is 23.9. The summed E-state index contributed by atoms with van der Waals surface area (Å²) in [6.07, 6.45) is 3.01. The molecule has 1 aliphatic rings. The van der Waals surface area contributed by atoms with E-state index in [1.807, 2.05) is 12.1 Å². The van der Waals surface area contributed by atoms with Gasteiger partial charge in [-0.1, -0.05) is 16.6 Å². The highest BCUT2D eigenvalue weighted by Crippen LogP contribution is 2.26. The standard InChI is InChI=1S/C24H25F2N5O2S/c1-14-22(34-30-29-14)23(32)28-20-6-2-15(3-7-20)13-31(21-8-4-19(27)5-9-21)24(33)16-10-17(25)12-18(26)11-16/h2-3,6-7,10-12,19,21H,4-5,8-9,13,27H2,1H3,(H,28,32). The number of nitrogens with zero attached hydrogens (tertiary/aromatic N) is 3. The van der Waals surface area contributed by atoms with E-state index in [0.717, 1.165) is 61.0 Å². The van der Waals surface area contributed by atoms with Crippen LogP contribution in [0.25, 0.3) is 0 Å². The summed E-state index contributed by atoms with van der Waals surface area (Å²) >= 11 is 1.03. The Labute approximate surface area is 200 Å². The van der Waals surface area contributed by atoms with Crippen LogP contribution in [-0.2, 0) is 6.54 Å². The van der Waals surface area contributed by atoms with E-state index in [1.54, 1.807) is 24.0 Å². The third-order valence-electron chi connectivity index (χ3n) is 5.97. The number of aryl methyl sites for hydroxylation is 1. The summed E-state index contributed by atoms with van der Waals surface area (Å²) in [6.45, 7) is 1.98. The molecule has 1 heterocycles. The van der Waals surface area contributed by atoms with Gasteiger partial charge in [-0.15, -0.1) is 5.10 Å². The molecule has 1 fully saturated rings. The van der Waals surface area contributed by atoms with Crippen molar-refractivity contribution in [2.45, 2.75) is 51.2 Å². The van der Waals surface area contributed by atoms with Gasteiger partial charge in [-0.25, -0.2) is 8.78 Å². The van der Waals surface area contributed by atoms with Crippen LogP contribution in [0.15, 0.2) is 42.5 Å². The lowest BCUT2D eigenvalue weighted by molar-refractivity contribution is 0.0605. The topological polar surface area (TPSA) is 101 Å². The SMILES string of the molecule is Cc1nnsc1C(=O)Nc1ccc(CN(C(=O)c2cc(F)cc(F)c2)C2CCC(N)CC2)cc1. The number of amides is 2. The summed E-state index contributed by atoms with van der Waals surface area (Å²) in [5, 5.41) is 6.65. The Morgan fingerprint density at radius 1 is 1.09 bits per heavy atom. The Hall–Kier alpha value is -3.24. The molecular weight excluding hydrogens is 460 g/mol. The van der Waals surface area contributed by atoms with Crippen molar-refractivity contribution in [3.05, 3.63) is 75.8 Å². The molecule has 3 N–H and O–H groups in total. The molecule has 3 aromatic rings. The van der Waals surface area contributed by atoms with Gasteiger partial charge in [-0.2, -0.15) is 0 Å². The molecule has 1 saturated carbocycles. The second-order valence-corrected chi connectivity index (χ2v) is 9.25. The Bertz CT molecular complexity index is 1160. The molecular formula is C24H25F2N5O2S. The summed E-state index contributed by atoms with van der Waals surface area (Å²) in [4.78, 5) is 27.8. The van der Waals surface area contributed by atoms with Crippen LogP contribution in [0.5, 0.6) is 0 Å². The van der Waals surface area contributed by atoms with Crippen LogP contribution in [0.4, 0.5) is 14.5 Å². The highest BCUT2D eigenvalue weighted by atomic mass is 32.1. The molecule has 2 amide bonds. The molecule has 0 radical (unpaired) electrons. The first-order chi connectivity index (χ1) is 16.3. The molecule has 0 unspecified atom stereocenters. The van der Waals surface area contributed by atoms with Gasteiger partial charge in [0.15, 0.2) is 0 Å². The molecule has 4 rings (SSSR count). The Balaban J connectivity index is 1.52. The van der Waals surface area contributed by atoms with Gasteiger partial charge >= 0.3 is 0 Å². The van der Waals surface area contributed by atoms with Crippen LogP contribution in [0, 0.1) is 18.6 Å². The number of benzene rings is 2. The molecule has 2 aromatic carbocycles. The third-order valence-corrected chi connectivity index (χ3v) is 6.80. The lowest BCUT2D eigenvalue weighted by Gasteiger charge is -2.36. The van der Waals surface area contributed by atoms with Crippen LogP contribution in [0.1, 0.15) is 57.0 Å². The summed E-state index contributed by atoms with van der Waals surface area (Å²) in [5.41, 5.74) is 7.99. The normalized spacial score (nSPS) is 17.9. The van der Waals surface area contributed by atoms with Crippen molar-refractivity contribution in [2.24, 2.45) is 5.73 Å². The molecule has 1 aliphatic carbocycles. The number of carbonyl (C=O) groups is 2. The second kappa shape index (κ2) is 10.4.